The van der Waals surface area contributed by atoms with Crippen LogP contribution in [0.5, 0.6) is 0 Å². The molecule has 4 nitrogen and oxygen atoms in total. The average Bonchev–Trinajstić information content (AvgIpc) is 2.08. The van der Waals surface area contributed by atoms with E-state index in [1.807, 2.05) is 19.9 Å². The fourth-order valence-electron chi connectivity index (χ4n) is 1.37. The standard InChI is InChI=1S/C10H17N3OS/c1-7-4-9(11)5-12-10(7)13-8(2)6-15(3)14/h4-5,8H,6,11H2,1-3H3,(H,12,13). The maximum absolute atomic E-state index is 11.0. The zero-order valence-corrected chi connectivity index (χ0v) is 10.1. The molecule has 1 heterocycles. The van der Waals surface area contributed by atoms with E-state index in [-0.39, 0.29) is 6.04 Å². The summed E-state index contributed by atoms with van der Waals surface area (Å²) in [5.74, 6) is 1.42. The van der Waals surface area contributed by atoms with E-state index >= 15 is 0 Å². The zero-order valence-electron chi connectivity index (χ0n) is 9.28. The molecule has 2 atom stereocenters. The predicted octanol–water partition coefficient (Wildman–Crippen LogP) is 1.15. The van der Waals surface area contributed by atoms with Gasteiger partial charge in [0.1, 0.15) is 5.82 Å². The molecular formula is C10H17N3OS. The second-order valence-electron chi connectivity index (χ2n) is 3.72. The van der Waals surface area contributed by atoms with Crippen LogP contribution in [0, 0.1) is 6.92 Å². The van der Waals surface area contributed by atoms with Crippen LogP contribution in [-0.2, 0) is 10.8 Å². The first kappa shape index (κ1) is 12.0. The highest BCUT2D eigenvalue weighted by atomic mass is 32.2. The van der Waals surface area contributed by atoms with E-state index in [0.29, 0.717) is 11.4 Å². The topological polar surface area (TPSA) is 68.0 Å². The Labute approximate surface area is 92.7 Å². The Hall–Kier alpha value is -1.10. The van der Waals surface area contributed by atoms with Crippen LogP contribution < -0.4 is 11.1 Å². The minimum Gasteiger partial charge on any atom is -0.397 e. The van der Waals surface area contributed by atoms with Gasteiger partial charge in [0.15, 0.2) is 0 Å². The fourth-order valence-corrected chi connectivity index (χ4v) is 2.16. The molecule has 0 bridgehead atoms. The third-order valence-electron chi connectivity index (χ3n) is 1.97. The molecule has 2 unspecified atom stereocenters. The number of aryl methyl sites for hydroxylation is 1. The zero-order chi connectivity index (χ0) is 11.4. The highest BCUT2D eigenvalue weighted by molar-refractivity contribution is 7.84. The van der Waals surface area contributed by atoms with E-state index in [9.17, 15) is 4.21 Å². The SMILES string of the molecule is Cc1cc(N)cnc1NC(C)CS(C)=O. The third kappa shape index (κ3) is 3.87. The maximum atomic E-state index is 11.0. The van der Waals surface area contributed by atoms with E-state index in [0.717, 1.165) is 11.4 Å². The quantitative estimate of drug-likeness (QED) is 0.809. The van der Waals surface area contributed by atoms with Gasteiger partial charge in [-0.25, -0.2) is 4.98 Å². The minimum absolute atomic E-state index is 0.144. The molecule has 3 N–H and O–H groups in total. The van der Waals surface area contributed by atoms with Crippen molar-refractivity contribution in [1.29, 1.82) is 0 Å². The van der Waals surface area contributed by atoms with Crippen LogP contribution in [0.2, 0.25) is 0 Å². The van der Waals surface area contributed by atoms with Crippen molar-refractivity contribution in [3.63, 3.8) is 0 Å². The van der Waals surface area contributed by atoms with Crippen molar-refractivity contribution in [3.8, 4) is 0 Å². The van der Waals surface area contributed by atoms with Crippen molar-refractivity contribution in [2.24, 2.45) is 0 Å². The van der Waals surface area contributed by atoms with Crippen LogP contribution >= 0.6 is 0 Å². The van der Waals surface area contributed by atoms with Crippen molar-refractivity contribution in [2.75, 3.05) is 23.1 Å². The van der Waals surface area contributed by atoms with Gasteiger partial charge in [-0.3, -0.25) is 4.21 Å². The highest BCUT2D eigenvalue weighted by Gasteiger charge is 2.07. The first-order valence-electron chi connectivity index (χ1n) is 4.77. The highest BCUT2D eigenvalue weighted by Crippen LogP contribution is 2.14. The van der Waals surface area contributed by atoms with Gasteiger partial charge in [0.25, 0.3) is 0 Å². The second kappa shape index (κ2) is 5.11. The van der Waals surface area contributed by atoms with Crippen LogP contribution in [0.4, 0.5) is 11.5 Å². The Balaban J connectivity index is 2.68. The largest absolute Gasteiger partial charge is 0.397 e. The van der Waals surface area contributed by atoms with Crippen molar-refractivity contribution < 1.29 is 4.21 Å². The van der Waals surface area contributed by atoms with Crippen LogP contribution in [0.3, 0.4) is 0 Å². The average molecular weight is 227 g/mol. The van der Waals surface area contributed by atoms with E-state index in [1.165, 1.54) is 0 Å². The molecule has 1 aromatic heterocycles. The molecule has 0 saturated heterocycles. The number of aromatic nitrogens is 1. The first-order valence-corrected chi connectivity index (χ1v) is 6.50. The Morgan fingerprint density at radius 1 is 1.67 bits per heavy atom. The number of nitrogens with two attached hydrogens (primary N) is 1. The molecular weight excluding hydrogens is 210 g/mol. The molecule has 0 aliphatic heterocycles. The number of hydrogen-bond donors (Lipinski definition) is 2. The number of hydrogen-bond acceptors (Lipinski definition) is 4. The monoisotopic (exact) mass is 227 g/mol. The normalized spacial score (nSPS) is 14.6. The summed E-state index contributed by atoms with van der Waals surface area (Å²) in [6.45, 7) is 3.93. The molecule has 0 saturated carbocycles. The van der Waals surface area contributed by atoms with Crippen LogP contribution in [0.15, 0.2) is 12.3 Å². The van der Waals surface area contributed by atoms with Gasteiger partial charge in [-0.2, -0.15) is 0 Å². The summed E-state index contributed by atoms with van der Waals surface area (Å²) >= 11 is 0. The summed E-state index contributed by atoms with van der Waals surface area (Å²) in [5.41, 5.74) is 7.26. The molecule has 0 aromatic carbocycles. The fraction of sp³-hybridized carbons (Fsp3) is 0.500. The lowest BCUT2D eigenvalue weighted by Gasteiger charge is -2.14. The Morgan fingerprint density at radius 3 is 2.87 bits per heavy atom. The second-order valence-corrected chi connectivity index (χ2v) is 5.20. The van der Waals surface area contributed by atoms with Crippen molar-refractivity contribution in [1.82, 2.24) is 4.98 Å². The van der Waals surface area contributed by atoms with Crippen LogP contribution in [-0.4, -0.2) is 27.2 Å². The molecule has 5 heteroatoms. The van der Waals surface area contributed by atoms with E-state index in [1.54, 1.807) is 12.5 Å². The van der Waals surface area contributed by atoms with E-state index in [2.05, 4.69) is 10.3 Å². The number of nitrogens with one attached hydrogen (secondary N) is 1. The molecule has 0 spiro atoms. The summed E-state index contributed by atoms with van der Waals surface area (Å²) in [6.07, 6.45) is 3.31. The first-order chi connectivity index (χ1) is 6.99. The summed E-state index contributed by atoms with van der Waals surface area (Å²) in [4.78, 5) is 4.19. The third-order valence-corrected chi connectivity index (χ3v) is 2.94. The number of nitrogen functional groups attached to an aromatic ring is 1. The molecule has 1 aromatic rings. The van der Waals surface area contributed by atoms with Crippen molar-refractivity contribution in [2.45, 2.75) is 19.9 Å². The van der Waals surface area contributed by atoms with Crippen molar-refractivity contribution in [3.05, 3.63) is 17.8 Å². The molecule has 0 radical (unpaired) electrons. The lowest BCUT2D eigenvalue weighted by atomic mass is 10.2. The Morgan fingerprint density at radius 2 is 2.33 bits per heavy atom. The van der Waals surface area contributed by atoms with Gasteiger partial charge in [0.05, 0.1) is 11.9 Å². The molecule has 0 amide bonds. The predicted molar refractivity (Wildman–Crippen MR) is 65.4 cm³/mol. The smallest absolute Gasteiger partial charge is 0.129 e. The number of anilines is 2. The maximum Gasteiger partial charge on any atom is 0.129 e. The molecule has 0 aliphatic rings. The van der Waals surface area contributed by atoms with Gasteiger partial charge in [-0.15, -0.1) is 0 Å². The molecule has 84 valence electrons. The molecule has 0 aliphatic carbocycles. The van der Waals surface area contributed by atoms with Crippen LogP contribution in [0.1, 0.15) is 12.5 Å². The molecule has 1 rings (SSSR count). The van der Waals surface area contributed by atoms with Crippen LogP contribution in [0.25, 0.3) is 0 Å². The van der Waals surface area contributed by atoms with Gasteiger partial charge in [-0.1, -0.05) is 0 Å². The lowest BCUT2D eigenvalue weighted by molar-refractivity contribution is 0.683. The van der Waals surface area contributed by atoms with Gasteiger partial charge in [0.2, 0.25) is 0 Å². The van der Waals surface area contributed by atoms with E-state index < -0.39 is 10.8 Å². The summed E-state index contributed by atoms with van der Waals surface area (Å²) in [7, 11) is -0.795. The Bertz CT molecular complexity index is 368. The summed E-state index contributed by atoms with van der Waals surface area (Å²) in [6, 6.07) is 2.01. The van der Waals surface area contributed by atoms with Gasteiger partial charge >= 0.3 is 0 Å². The van der Waals surface area contributed by atoms with Gasteiger partial charge in [-0.05, 0) is 25.5 Å². The molecule has 15 heavy (non-hydrogen) atoms. The summed E-state index contributed by atoms with van der Waals surface area (Å²) < 4.78 is 11.0. The van der Waals surface area contributed by atoms with E-state index in [4.69, 9.17) is 5.73 Å². The molecule has 0 fully saturated rings. The van der Waals surface area contributed by atoms with Gasteiger partial charge < -0.3 is 11.1 Å². The number of rotatable bonds is 4. The van der Waals surface area contributed by atoms with Crippen molar-refractivity contribution >= 4 is 22.3 Å². The summed E-state index contributed by atoms with van der Waals surface area (Å²) in [5, 5.41) is 3.21. The lowest BCUT2D eigenvalue weighted by Crippen LogP contribution is -2.23. The number of pyridine rings is 1. The number of nitrogens with zero attached hydrogens (tertiary/aromatic N) is 1. The van der Waals surface area contributed by atoms with Gasteiger partial charge in [0, 0.05) is 28.9 Å². The minimum atomic E-state index is -0.795. The Kier molecular flexibility index (Phi) is 4.08.